The van der Waals surface area contributed by atoms with E-state index in [0.29, 0.717) is 13.1 Å². The molecule has 84 valence electrons. The van der Waals surface area contributed by atoms with Crippen LogP contribution in [0.3, 0.4) is 0 Å². The summed E-state index contributed by atoms with van der Waals surface area (Å²) in [6.45, 7) is 3.27. The van der Waals surface area contributed by atoms with Crippen LogP contribution in [0.25, 0.3) is 0 Å². The fourth-order valence-electron chi connectivity index (χ4n) is 2.07. The third-order valence-corrected chi connectivity index (χ3v) is 3.18. The molecule has 0 aromatic heterocycles. The van der Waals surface area contributed by atoms with E-state index in [1.807, 2.05) is 0 Å². The molecule has 0 aliphatic carbocycles. The highest BCUT2D eigenvalue weighted by Gasteiger charge is 2.31. The number of carbonyl (C=O) groups is 2. The van der Waals surface area contributed by atoms with Gasteiger partial charge >= 0.3 is 0 Å². The van der Waals surface area contributed by atoms with Gasteiger partial charge in [-0.05, 0) is 13.0 Å². The molecule has 1 N–H and O–H groups in total. The molecular weight excluding hydrogens is 194 g/mol. The molecule has 2 heterocycles. The number of amides is 2. The smallest absolute Gasteiger partial charge is 0.241 e. The maximum Gasteiger partial charge on any atom is 0.241 e. The third kappa shape index (κ3) is 2.12. The summed E-state index contributed by atoms with van der Waals surface area (Å²) in [5.74, 6) is 0.267. The van der Waals surface area contributed by atoms with Gasteiger partial charge in [0.05, 0.1) is 12.5 Å². The maximum atomic E-state index is 12.0. The SMILES string of the molecule is CN1CCN(C(=O)C2CCNC2)CC1=O. The summed E-state index contributed by atoms with van der Waals surface area (Å²) < 4.78 is 0. The molecule has 0 aromatic rings. The van der Waals surface area contributed by atoms with Crippen molar-refractivity contribution in [3.63, 3.8) is 0 Å². The molecule has 1 unspecified atom stereocenters. The van der Waals surface area contributed by atoms with E-state index in [0.717, 1.165) is 19.5 Å². The topological polar surface area (TPSA) is 52.6 Å². The average molecular weight is 211 g/mol. The van der Waals surface area contributed by atoms with Gasteiger partial charge in [-0.25, -0.2) is 0 Å². The highest BCUT2D eigenvalue weighted by Crippen LogP contribution is 2.13. The van der Waals surface area contributed by atoms with Crippen LogP contribution in [0.1, 0.15) is 6.42 Å². The monoisotopic (exact) mass is 211 g/mol. The van der Waals surface area contributed by atoms with E-state index in [1.54, 1.807) is 16.8 Å². The lowest BCUT2D eigenvalue weighted by molar-refractivity contribution is -0.146. The second-order valence-electron chi connectivity index (χ2n) is 4.26. The van der Waals surface area contributed by atoms with Crippen LogP contribution in [0.2, 0.25) is 0 Å². The second kappa shape index (κ2) is 4.18. The molecule has 2 aliphatic heterocycles. The number of likely N-dealkylation sites (N-methyl/N-ethyl adjacent to an activating group) is 1. The first-order chi connectivity index (χ1) is 7.18. The van der Waals surface area contributed by atoms with Crippen LogP contribution in [0, 0.1) is 5.92 Å². The zero-order valence-electron chi connectivity index (χ0n) is 9.03. The number of nitrogens with zero attached hydrogens (tertiary/aromatic N) is 2. The van der Waals surface area contributed by atoms with Gasteiger partial charge in [0.1, 0.15) is 0 Å². The minimum absolute atomic E-state index is 0.0422. The van der Waals surface area contributed by atoms with Crippen LogP contribution in [0.4, 0.5) is 0 Å². The highest BCUT2D eigenvalue weighted by molar-refractivity contribution is 5.87. The van der Waals surface area contributed by atoms with Crippen LogP contribution in [0.15, 0.2) is 0 Å². The number of hydrogen-bond donors (Lipinski definition) is 1. The molecule has 2 saturated heterocycles. The predicted molar refractivity (Wildman–Crippen MR) is 55.2 cm³/mol. The summed E-state index contributed by atoms with van der Waals surface area (Å²) in [6.07, 6.45) is 0.902. The summed E-state index contributed by atoms with van der Waals surface area (Å²) in [5, 5.41) is 3.17. The van der Waals surface area contributed by atoms with Crippen molar-refractivity contribution in [2.24, 2.45) is 5.92 Å². The molecule has 0 saturated carbocycles. The summed E-state index contributed by atoms with van der Waals surface area (Å²) in [6, 6.07) is 0. The van der Waals surface area contributed by atoms with E-state index in [-0.39, 0.29) is 24.3 Å². The first-order valence-corrected chi connectivity index (χ1v) is 5.42. The Balaban J connectivity index is 1.93. The normalized spacial score (nSPS) is 27.3. The van der Waals surface area contributed by atoms with Gasteiger partial charge in [0.2, 0.25) is 11.8 Å². The van der Waals surface area contributed by atoms with Gasteiger partial charge < -0.3 is 15.1 Å². The number of hydrogen-bond acceptors (Lipinski definition) is 3. The van der Waals surface area contributed by atoms with E-state index in [4.69, 9.17) is 0 Å². The molecule has 0 spiro atoms. The van der Waals surface area contributed by atoms with Crippen molar-refractivity contribution in [1.82, 2.24) is 15.1 Å². The maximum absolute atomic E-state index is 12.0. The van der Waals surface area contributed by atoms with Crippen molar-refractivity contribution in [3.05, 3.63) is 0 Å². The van der Waals surface area contributed by atoms with E-state index in [2.05, 4.69) is 5.32 Å². The molecule has 2 rings (SSSR count). The van der Waals surface area contributed by atoms with Gasteiger partial charge in [0.15, 0.2) is 0 Å². The number of piperazine rings is 1. The minimum atomic E-state index is 0.0422. The average Bonchev–Trinajstić information content (AvgIpc) is 2.74. The Kier molecular flexibility index (Phi) is 2.90. The summed E-state index contributed by atoms with van der Waals surface area (Å²) >= 11 is 0. The van der Waals surface area contributed by atoms with E-state index < -0.39 is 0 Å². The molecule has 5 heteroatoms. The lowest BCUT2D eigenvalue weighted by Gasteiger charge is -2.33. The van der Waals surface area contributed by atoms with Crippen molar-refractivity contribution in [2.75, 3.05) is 39.8 Å². The van der Waals surface area contributed by atoms with Crippen LogP contribution in [-0.2, 0) is 9.59 Å². The predicted octanol–water partition coefficient (Wildman–Crippen LogP) is -1.10. The zero-order chi connectivity index (χ0) is 10.8. The Hall–Kier alpha value is -1.10. The van der Waals surface area contributed by atoms with Gasteiger partial charge in [-0.2, -0.15) is 0 Å². The van der Waals surface area contributed by atoms with E-state index in [1.165, 1.54) is 0 Å². The van der Waals surface area contributed by atoms with Gasteiger partial charge in [-0.15, -0.1) is 0 Å². The molecule has 15 heavy (non-hydrogen) atoms. The molecule has 1 atom stereocenters. The Morgan fingerprint density at radius 3 is 2.87 bits per heavy atom. The summed E-state index contributed by atoms with van der Waals surface area (Å²) in [7, 11) is 1.78. The Bertz CT molecular complexity index is 274. The Morgan fingerprint density at radius 1 is 1.47 bits per heavy atom. The molecule has 2 aliphatic rings. The van der Waals surface area contributed by atoms with E-state index >= 15 is 0 Å². The van der Waals surface area contributed by atoms with Crippen LogP contribution in [-0.4, -0.2) is 61.4 Å². The van der Waals surface area contributed by atoms with Crippen molar-refractivity contribution in [1.29, 1.82) is 0 Å². The lowest BCUT2D eigenvalue weighted by atomic mass is 10.1. The first-order valence-electron chi connectivity index (χ1n) is 5.42. The lowest BCUT2D eigenvalue weighted by Crippen LogP contribution is -2.52. The summed E-state index contributed by atoms with van der Waals surface area (Å²) in [5.41, 5.74) is 0. The molecule has 5 nitrogen and oxygen atoms in total. The van der Waals surface area contributed by atoms with Gasteiger partial charge in [0, 0.05) is 26.7 Å². The number of rotatable bonds is 1. The first kappa shape index (κ1) is 10.4. The van der Waals surface area contributed by atoms with Crippen LogP contribution >= 0.6 is 0 Å². The molecule has 0 aromatic carbocycles. The second-order valence-corrected chi connectivity index (χ2v) is 4.26. The Morgan fingerprint density at radius 2 is 2.27 bits per heavy atom. The number of carbonyl (C=O) groups excluding carboxylic acids is 2. The van der Waals surface area contributed by atoms with Crippen LogP contribution in [0.5, 0.6) is 0 Å². The fourth-order valence-corrected chi connectivity index (χ4v) is 2.07. The molecule has 2 amide bonds. The quantitative estimate of drug-likeness (QED) is 0.599. The zero-order valence-corrected chi connectivity index (χ0v) is 9.03. The van der Waals surface area contributed by atoms with Crippen molar-refractivity contribution >= 4 is 11.8 Å². The number of nitrogens with one attached hydrogen (secondary N) is 1. The van der Waals surface area contributed by atoms with Crippen LogP contribution < -0.4 is 5.32 Å². The standard InChI is InChI=1S/C10H17N3O2/c1-12-4-5-13(7-9(12)14)10(15)8-2-3-11-6-8/h8,11H,2-7H2,1H3. The largest absolute Gasteiger partial charge is 0.342 e. The molecule has 2 fully saturated rings. The van der Waals surface area contributed by atoms with Gasteiger partial charge in [-0.3, -0.25) is 9.59 Å². The van der Waals surface area contributed by atoms with Crippen molar-refractivity contribution < 1.29 is 9.59 Å². The molecular formula is C10H17N3O2. The Labute approximate surface area is 89.4 Å². The summed E-state index contributed by atoms with van der Waals surface area (Å²) in [4.78, 5) is 26.8. The van der Waals surface area contributed by atoms with E-state index in [9.17, 15) is 9.59 Å². The van der Waals surface area contributed by atoms with Crippen molar-refractivity contribution in [3.8, 4) is 0 Å². The third-order valence-electron chi connectivity index (χ3n) is 3.18. The van der Waals surface area contributed by atoms with Crippen molar-refractivity contribution in [2.45, 2.75) is 6.42 Å². The molecule has 0 bridgehead atoms. The molecule has 0 radical (unpaired) electrons. The minimum Gasteiger partial charge on any atom is -0.342 e. The highest BCUT2D eigenvalue weighted by atomic mass is 16.2. The van der Waals surface area contributed by atoms with Gasteiger partial charge in [0.25, 0.3) is 0 Å². The van der Waals surface area contributed by atoms with Gasteiger partial charge in [-0.1, -0.05) is 0 Å². The fraction of sp³-hybridized carbons (Fsp3) is 0.800.